The van der Waals surface area contributed by atoms with Gasteiger partial charge in [-0.2, -0.15) is 0 Å². The zero-order valence-electron chi connectivity index (χ0n) is 15.4. The van der Waals surface area contributed by atoms with Crippen molar-refractivity contribution in [2.24, 2.45) is 5.92 Å². The van der Waals surface area contributed by atoms with Crippen molar-refractivity contribution in [1.29, 1.82) is 0 Å². The lowest BCUT2D eigenvalue weighted by Crippen LogP contribution is -2.32. The topological polar surface area (TPSA) is 88.3 Å². The summed E-state index contributed by atoms with van der Waals surface area (Å²) in [7, 11) is 0. The first kappa shape index (κ1) is 18.1. The first-order valence-corrected chi connectivity index (χ1v) is 8.97. The summed E-state index contributed by atoms with van der Waals surface area (Å²) in [4.78, 5) is 26.4. The summed E-state index contributed by atoms with van der Waals surface area (Å²) in [5.74, 6) is 0.780. The van der Waals surface area contributed by atoms with Crippen molar-refractivity contribution in [3.8, 4) is 0 Å². The molecule has 0 aliphatic carbocycles. The van der Waals surface area contributed by atoms with Crippen LogP contribution >= 0.6 is 0 Å². The molecule has 0 radical (unpaired) electrons. The fourth-order valence-corrected chi connectivity index (χ4v) is 2.98. The SMILES string of the molecule is CCc1nnc(CNC(=O)[C@H]2CC(=O)N(c3ccc(C(C)C)cc3)C2)o1. The summed E-state index contributed by atoms with van der Waals surface area (Å²) in [6.45, 7) is 6.74. The van der Waals surface area contributed by atoms with E-state index in [2.05, 4.69) is 29.4 Å². The first-order chi connectivity index (χ1) is 12.5. The van der Waals surface area contributed by atoms with Crippen LogP contribution < -0.4 is 10.2 Å². The highest BCUT2D eigenvalue weighted by Crippen LogP contribution is 2.27. The minimum absolute atomic E-state index is 0.0338. The summed E-state index contributed by atoms with van der Waals surface area (Å²) >= 11 is 0. The van der Waals surface area contributed by atoms with Crippen LogP contribution in [0.25, 0.3) is 0 Å². The van der Waals surface area contributed by atoms with Gasteiger partial charge in [0, 0.05) is 25.1 Å². The van der Waals surface area contributed by atoms with E-state index in [0.717, 1.165) is 5.69 Å². The third-order valence-electron chi connectivity index (χ3n) is 4.59. The summed E-state index contributed by atoms with van der Waals surface area (Å²) in [6.07, 6.45) is 0.866. The molecule has 1 N–H and O–H groups in total. The standard InChI is InChI=1S/C19H24N4O3/c1-4-16-21-22-17(26-16)10-20-19(25)14-9-18(24)23(11-14)15-7-5-13(6-8-15)12(2)3/h5-8,12,14H,4,9-11H2,1-3H3,(H,20,25)/t14-/m0/s1. The minimum Gasteiger partial charge on any atom is -0.423 e. The second kappa shape index (κ2) is 7.68. The average Bonchev–Trinajstić information content (AvgIpc) is 3.26. The van der Waals surface area contributed by atoms with Crippen molar-refractivity contribution < 1.29 is 14.0 Å². The maximum atomic E-state index is 12.4. The number of benzene rings is 1. The fourth-order valence-electron chi connectivity index (χ4n) is 2.98. The van der Waals surface area contributed by atoms with E-state index in [-0.39, 0.29) is 30.7 Å². The molecule has 138 valence electrons. The number of amides is 2. The van der Waals surface area contributed by atoms with Gasteiger partial charge in [0.2, 0.25) is 23.6 Å². The first-order valence-electron chi connectivity index (χ1n) is 8.97. The van der Waals surface area contributed by atoms with Gasteiger partial charge in [-0.15, -0.1) is 10.2 Å². The Morgan fingerprint density at radius 3 is 2.58 bits per heavy atom. The van der Waals surface area contributed by atoms with Crippen LogP contribution in [0.5, 0.6) is 0 Å². The lowest BCUT2D eigenvalue weighted by atomic mass is 10.0. The number of carbonyl (C=O) groups is 2. The second-order valence-electron chi connectivity index (χ2n) is 6.81. The molecule has 1 aliphatic heterocycles. The third-order valence-corrected chi connectivity index (χ3v) is 4.59. The minimum atomic E-state index is -0.374. The Balaban J connectivity index is 1.58. The molecule has 2 heterocycles. The van der Waals surface area contributed by atoms with Crippen LogP contribution in [-0.2, 0) is 22.6 Å². The second-order valence-corrected chi connectivity index (χ2v) is 6.81. The number of aromatic nitrogens is 2. The molecule has 1 fully saturated rings. The van der Waals surface area contributed by atoms with E-state index in [0.29, 0.717) is 30.7 Å². The van der Waals surface area contributed by atoms with Gasteiger partial charge in [-0.1, -0.05) is 32.9 Å². The van der Waals surface area contributed by atoms with Gasteiger partial charge in [0.15, 0.2) is 0 Å². The van der Waals surface area contributed by atoms with E-state index < -0.39 is 0 Å². The van der Waals surface area contributed by atoms with E-state index in [9.17, 15) is 9.59 Å². The van der Waals surface area contributed by atoms with Crippen LogP contribution in [0.2, 0.25) is 0 Å². The van der Waals surface area contributed by atoms with Crippen molar-refractivity contribution in [2.75, 3.05) is 11.4 Å². The lowest BCUT2D eigenvalue weighted by molar-refractivity contribution is -0.126. The molecule has 1 aliphatic rings. The quantitative estimate of drug-likeness (QED) is 0.859. The molecular formula is C19H24N4O3. The van der Waals surface area contributed by atoms with Gasteiger partial charge in [-0.25, -0.2) is 0 Å². The van der Waals surface area contributed by atoms with Crippen molar-refractivity contribution in [2.45, 2.75) is 46.1 Å². The van der Waals surface area contributed by atoms with Crippen molar-refractivity contribution in [1.82, 2.24) is 15.5 Å². The molecule has 0 unspecified atom stereocenters. The predicted molar refractivity (Wildman–Crippen MR) is 96.5 cm³/mol. The Bertz CT molecular complexity index is 782. The highest BCUT2D eigenvalue weighted by Gasteiger charge is 2.35. The normalized spacial score (nSPS) is 17.2. The van der Waals surface area contributed by atoms with Crippen LogP contribution in [0.1, 0.15) is 50.5 Å². The summed E-state index contributed by atoms with van der Waals surface area (Å²) < 4.78 is 5.37. The molecule has 7 nitrogen and oxygen atoms in total. The molecule has 1 aromatic carbocycles. The average molecular weight is 356 g/mol. The molecular weight excluding hydrogens is 332 g/mol. The van der Waals surface area contributed by atoms with Gasteiger partial charge in [0.05, 0.1) is 12.5 Å². The number of nitrogens with one attached hydrogen (secondary N) is 1. The molecule has 2 aromatic rings. The van der Waals surface area contributed by atoms with Gasteiger partial charge in [-0.05, 0) is 23.6 Å². The number of hydrogen-bond acceptors (Lipinski definition) is 5. The van der Waals surface area contributed by atoms with Crippen LogP contribution in [0, 0.1) is 5.92 Å². The number of hydrogen-bond donors (Lipinski definition) is 1. The van der Waals surface area contributed by atoms with Crippen LogP contribution in [0.15, 0.2) is 28.7 Å². The van der Waals surface area contributed by atoms with E-state index in [1.807, 2.05) is 31.2 Å². The lowest BCUT2D eigenvalue weighted by Gasteiger charge is -2.17. The highest BCUT2D eigenvalue weighted by molar-refractivity contribution is 6.00. The zero-order valence-corrected chi connectivity index (χ0v) is 15.4. The molecule has 26 heavy (non-hydrogen) atoms. The molecule has 0 saturated carbocycles. The number of nitrogens with zero attached hydrogens (tertiary/aromatic N) is 3. The Labute approximate surface area is 152 Å². The van der Waals surface area contributed by atoms with E-state index in [4.69, 9.17) is 4.42 Å². The van der Waals surface area contributed by atoms with Crippen LogP contribution in [0.4, 0.5) is 5.69 Å². The summed E-state index contributed by atoms with van der Waals surface area (Å²) in [5.41, 5.74) is 2.06. The van der Waals surface area contributed by atoms with Gasteiger partial charge < -0.3 is 14.6 Å². The number of anilines is 1. The molecule has 1 saturated heterocycles. The van der Waals surface area contributed by atoms with Crippen molar-refractivity contribution in [3.05, 3.63) is 41.6 Å². The Morgan fingerprint density at radius 2 is 1.96 bits per heavy atom. The van der Waals surface area contributed by atoms with Gasteiger partial charge in [-0.3, -0.25) is 9.59 Å². The largest absolute Gasteiger partial charge is 0.423 e. The van der Waals surface area contributed by atoms with E-state index in [1.165, 1.54) is 5.56 Å². The summed E-state index contributed by atoms with van der Waals surface area (Å²) in [5, 5.41) is 10.5. The molecule has 2 amide bonds. The molecule has 3 rings (SSSR count). The molecule has 1 atom stereocenters. The number of aryl methyl sites for hydroxylation is 1. The Hall–Kier alpha value is -2.70. The van der Waals surface area contributed by atoms with Crippen LogP contribution in [0.3, 0.4) is 0 Å². The van der Waals surface area contributed by atoms with Crippen molar-refractivity contribution in [3.63, 3.8) is 0 Å². The number of carbonyl (C=O) groups excluding carboxylic acids is 2. The number of rotatable bonds is 6. The van der Waals surface area contributed by atoms with Gasteiger partial charge in [0.25, 0.3) is 0 Å². The van der Waals surface area contributed by atoms with Gasteiger partial charge >= 0.3 is 0 Å². The predicted octanol–water partition coefficient (Wildman–Crippen LogP) is 2.42. The maximum Gasteiger partial charge on any atom is 0.235 e. The van der Waals surface area contributed by atoms with E-state index in [1.54, 1.807) is 4.90 Å². The third kappa shape index (κ3) is 3.92. The maximum absolute atomic E-state index is 12.4. The van der Waals surface area contributed by atoms with Crippen molar-refractivity contribution >= 4 is 17.5 Å². The summed E-state index contributed by atoms with van der Waals surface area (Å²) in [6, 6.07) is 7.94. The van der Waals surface area contributed by atoms with E-state index >= 15 is 0 Å². The molecule has 1 aromatic heterocycles. The van der Waals surface area contributed by atoms with Gasteiger partial charge in [0.1, 0.15) is 0 Å². The monoisotopic (exact) mass is 356 g/mol. The Kier molecular flexibility index (Phi) is 5.35. The molecule has 7 heteroatoms. The fraction of sp³-hybridized carbons (Fsp3) is 0.474. The van der Waals surface area contributed by atoms with Crippen LogP contribution in [-0.4, -0.2) is 28.6 Å². The Morgan fingerprint density at radius 1 is 1.27 bits per heavy atom. The molecule has 0 spiro atoms. The zero-order chi connectivity index (χ0) is 18.7. The molecule has 0 bridgehead atoms. The highest BCUT2D eigenvalue weighted by atomic mass is 16.4. The smallest absolute Gasteiger partial charge is 0.235 e.